The molecule has 2 aromatic heterocycles. The number of imide groups is 1. The van der Waals surface area contributed by atoms with Gasteiger partial charge in [0, 0.05) is 12.3 Å². The summed E-state index contributed by atoms with van der Waals surface area (Å²) in [5, 5.41) is 4.90. The SMILES string of the molecule is CC(=O)N(c1cccc(C)c1)c1nc(CN2C(=O)NC(C)(c3ccco3)C2=O)cs1. The molecule has 1 fully saturated rings. The Bertz CT molecular complexity index is 1120. The largest absolute Gasteiger partial charge is 0.466 e. The summed E-state index contributed by atoms with van der Waals surface area (Å²) in [7, 11) is 0. The molecule has 9 heteroatoms. The van der Waals surface area contributed by atoms with Crippen LogP contribution in [0.1, 0.15) is 30.9 Å². The molecule has 1 saturated heterocycles. The predicted octanol–water partition coefficient (Wildman–Crippen LogP) is 3.70. The van der Waals surface area contributed by atoms with E-state index in [2.05, 4.69) is 10.3 Å². The van der Waals surface area contributed by atoms with Gasteiger partial charge < -0.3 is 9.73 Å². The Morgan fingerprint density at radius 2 is 2.10 bits per heavy atom. The zero-order valence-electron chi connectivity index (χ0n) is 16.7. The maximum atomic E-state index is 12.9. The van der Waals surface area contributed by atoms with E-state index in [9.17, 15) is 14.4 Å². The number of rotatable bonds is 5. The van der Waals surface area contributed by atoms with Crippen LogP contribution in [0.3, 0.4) is 0 Å². The lowest BCUT2D eigenvalue weighted by Gasteiger charge is -2.19. The van der Waals surface area contributed by atoms with Gasteiger partial charge in [0.15, 0.2) is 10.7 Å². The molecular weight excluding hydrogens is 404 g/mol. The van der Waals surface area contributed by atoms with Crippen LogP contribution in [0.4, 0.5) is 15.6 Å². The molecule has 0 radical (unpaired) electrons. The third kappa shape index (κ3) is 3.37. The van der Waals surface area contributed by atoms with Crippen molar-refractivity contribution >= 4 is 40.0 Å². The maximum absolute atomic E-state index is 12.9. The average molecular weight is 424 g/mol. The van der Waals surface area contributed by atoms with E-state index in [1.165, 1.54) is 29.4 Å². The van der Waals surface area contributed by atoms with E-state index < -0.39 is 17.5 Å². The van der Waals surface area contributed by atoms with Gasteiger partial charge in [0.2, 0.25) is 5.91 Å². The lowest BCUT2D eigenvalue weighted by atomic mass is 9.99. The summed E-state index contributed by atoms with van der Waals surface area (Å²) in [4.78, 5) is 44.8. The fraction of sp³-hybridized carbons (Fsp3) is 0.238. The van der Waals surface area contributed by atoms with Gasteiger partial charge in [-0.1, -0.05) is 12.1 Å². The van der Waals surface area contributed by atoms with Gasteiger partial charge in [-0.3, -0.25) is 19.4 Å². The highest BCUT2D eigenvalue weighted by Gasteiger charge is 2.51. The van der Waals surface area contributed by atoms with Gasteiger partial charge in [0.1, 0.15) is 5.76 Å². The zero-order valence-corrected chi connectivity index (χ0v) is 17.5. The summed E-state index contributed by atoms with van der Waals surface area (Å²) >= 11 is 1.28. The Labute approximate surface area is 177 Å². The second kappa shape index (κ2) is 7.42. The summed E-state index contributed by atoms with van der Waals surface area (Å²) in [6.07, 6.45) is 1.46. The number of furan rings is 1. The Hall–Kier alpha value is -3.46. The monoisotopic (exact) mass is 424 g/mol. The first-order chi connectivity index (χ1) is 14.3. The summed E-state index contributed by atoms with van der Waals surface area (Å²) in [6, 6.07) is 10.3. The van der Waals surface area contributed by atoms with Crippen molar-refractivity contribution in [2.24, 2.45) is 0 Å². The molecule has 1 unspecified atom stereocenters. The third-order valence-corrected chi connectivity index (χ3v) is 5.79. The number of hydrogen-bond acceptors (Lipinski definition) is 6. The normalized spacial score (nSPS) is 18.6. The van der Waals surface area contributed by atoms with E-state index in [4.69, 9.17) is 4.42 Å². The average Bonchev–Trinajstić information content (AvgIpc) is 3.41. The molecule has 1 atom stereocenters. The molecule has 1 aliphatic rings. The number of carbonyl (C=O) groups is 3. The fourth-order valence-corrected chi connectivity index (χ4v) is 4.28. The van der Waals surface area contributed by atoms with Gasteiger partial charge in [-0.15, -0.1) is 11.3 Å². The number of benzene rings is 1. The number of aryl methyl sites for hydroxylation is 1. The van der Waals surface area contributed by atoms with Gasteiger partial charge >= 0.3 is 6.03 Å². The Kier molecular flexibility index (Phi) is 4.90. The molecule has 1 aromatic carbocycles. The molecule has 4 amide bonds. The number of nitrogens with one attached hydrogen (secondary N) is 1. The second-order valence-corrected chi connectivity index (χ2v) is 8.08. The molecule has 0 saturated carbocycles. The number of anilines is 2. The lowest BCUT2D eigenvalue weighted by Crippen LogP contribution is -2.40. The van der Waals surface area contributed by atoms with Crippen molar-refractivity contribution < 1.29 is 18.8 Å². The quantitative estimate of drug-likeness (QED) is 0.630. The van der Waals surface area contributed by atoms with Crippen molar-refractivity contribution in [2.45, 2.75) is 32.9 Å². The Morgan fingerprint density at radius 1 is 1.30 bits per heavy atom. The second-order valence-electron chi connectivity index (χ2n) is 7.24. The number of aromatic nitrogens is 1. The molecule has 1 N–H and O–H groups in total. The standard InChI is InChI=1S/C21H20N4O4S/c1-13-6-4-7-16(10-13)25(14(2)26)20-22-15(12-30-20)11-24-18(27)21(3,23-19(24)28)17-8-5-9-29-17/h4-10,12H,11H2,1-3H3,(H,23,28). The molecular formula is C21H20N4O4S. The molecule has 0 bridgehead atoms. The van der Waals surface area contributed by atoms with E-state index in [0.29, 0.717) is 22.3 Å². The van der Waals surface area contributed by atoms with E-state index in [-0.39, 0.29) is 12.5 Å². The topological polar surface area (TPSA) is 95.8 Å². The van der Waals surface area contributed by atoms with Gasteiger partial charge in [-0.25, -0.2) is 9.78 Å². The zero-order chi connectivity index (χ0) is 21.5. The number of thiazole rings is 1. The van der Waals surface area contributed by atoms with E-state index in [0.717, 1.165) is 10.5 Å². The molecule has 3 heterocycles. The predicted molar refractivity (Wildman–Crippen MR) is 111 cm³/mol. The van der Waals surface area contributed by atoms with Crippen LogP contribution in [-0.4, -0.2) is 27.7 Å². The summed E-state index contributed by atoms with van der Waals surface area (Å²) in [6.45, 7) is 5.02. The maximum Gasteiger partial charge on any atom is 0.325 e. The molecule has 3 aromatic rings. The first kappa shape index (κ1) is 19.8. The van der Waals surface area contributed by atoms with Gasteiger partial charge in [0.25, 0.3) is 5.91 Å². The van der Waals surface area contributed by atoms with Crippen LogP contribution in [0.2, 0.25) is 0 Å². The molecule has 30 heavy (non-hydrogen) atoms. The minimum absolute atomic E-state index is 0.00295. The minimum Gasteiger partial charge on any atom is -0.466 e. The lowest BCUT2D eigenvalue weighted by molar-refractivity contribution is -0.132. The number of carbonyl (C=O) groups excluding carboxylic acids is 3. The van der Waals surface area contributed by atoms with Crippen molar-refractivity contribution in [3.05, 3.63) is 65.1 Å². The summed E-state index contributed by atoms with van der Waals surface area (Å²) < 4.78 is 5.34. The van der Waals surface area contributed by atoms with Gasteiger partial charge in [-0.2, -0.15) is 0 Å². The number of urea groups is 1. The van der Waals surface area contributed by atoms with E-state index in [1.54, 1.807) is 24.4 Å². The van der Waals surface area contributed by atoms with Crippen molar-refractivity contribution in [1.82, 2.24) is 15.2 Å². The van der Waals surface area contributed by atoms with Gasteiger partial charge in [-0.05, 0) is 43.7 Å². The van der Waals surface area contributed by atoms with Gasteiger partial charge in [0.05, 0.1) is 24.2 Å². The van der Waals surface area contributed by atoms with Crippen molar-refractivity contribution in [3.63, 3.8) is 0 Å². The molecule has 8 nitrogen and oxygen atoms in total. The fourth-order valence-electron chi connectivity index (χ4n) is 3.40. The van der Waals surface area contributed by atoms with Crippen molar-refractivity contribution in [3.8, 4) is 0 Å². The van der Waals surface area contributed by atoms with Crippen LogP contribution >= 0.6 is 11.3 Å². The third-order valence-electron chi connectivity index (χ3n) is 4.91. The highest BCUT2D eigenvalue weighted by atomic mass is 32.1. The first-order valence-electron chi connectivity index (χ1n) is 9.29. The molecule has 0 spiro atoms. The first-order valence-corrected chi connectivity index (χ1v) is 10.2. The van der Waals surface area contributed by atoms with Crippen LogP contribution in [0.25, 0.3) is 0 Å². The van der Waals surface area contributed by atoms with Crippen LogP contribution in [0.15, 0.2) is 52.5 Å². The smallest absolute Gasteiger partial charge is 0.325 e. The molecule has 4 rings (SSSR count). The molecule has 1 aliphatic heterocycles. The number of nitrogens with zero attached hydrogens (tertiary/aromatic N) is 3. The summed E-state index contributed by atoms with van der Waals surface area (Å²) in [5.74, 6) is -0.231. The van der Waals surface area contributed by atoms with E-state index >= 15 is 0 Å². The molecule has 154 valence electrons. The van der Waals surface area contributed by atoms with E-state index in [1.807, 2.05) is 31.2 Å². The Morgan fingerprint density at radius 3 is 2.77 bits per heavy atom. The van der Waals surface area contributed by atoms with Crippen LogP contribution in [0.5, 0.6) is 0 Å². The van der Waals surface area contributed by atoms with Crippen LogP contribution in [-0.2, 0) is 21.7 Å². The number of hydrogen-bond donors (Lipinski definition) is 1. The number of amides is 4. The summed E-state index contributed by atoms with van der Waals surface area (Å²) in [5.41, 5.74) is 0.990. The Balaban J connectivity index is 1.58. The van der Waals surface area contributed by atoms with Crippen molar-refractivity contribution in [2.75, 3.05) is 4.90 Å². The minimum atomic E-state index is -1.26. The molecule has 0 aliphatic carbocycles. The van der Waals surface area contributed by atoms with Crippen molar-refractivity contribution in [1.29, 1.82) is 0 Å². The highest BCUT2D eigenvalue weighted by molar-refractivity contribution is 7.14. The van der Waals surface area contributed by atoms with Crippen LogP contribution in [0, 0.1) is 6.92 Å². The highest BCUT2D eigenvalue weighted by Crippen LogP contribution is 2.32. The van der Waals surface area contributed by atoms with Crippen LogP contribution < -0.4 is 10.2 Å².